The molecule has 0 saturated carbocycles. The summed E-state index contributed by atoms with van der Waals surface area (Å²) in [5, 5.41) is 7.12. The summed E-state index contributed by atoms with van der Waals surface area (Å²) < 4.78 is 63.9. The van der Waals surface area contributed by atoms with Crippen LogP contribution < -0.4 is 0 Å². The Labute approximate surface area is 173 Å². The summed E-state index contributed by atoms with van der Waals surface area (Å²) in [6.45, 7) is 4.72. The van der Waals surface area contributed by atoms with Crippen molar-refractivity contribution in [3.8, 4) is 0 Å². The standard InChI is InChI=1S/C16H25N3O3S.C2HF3O2/c1-3-23(20,21)19-8-6-16(22-2)14-11-18(12-15(14)19)10-13-5-4-7-17-9-13;3-2(4,5)1(6)7/h4-5,7,9,14-16H,3,6,8,10-12H2,1-2H3;(H,6,7)/t14-,15+,16-;/m0./s1. The molecule has 0 aromatic carbocycles. The Hall–Kier alpha value is -1.76. The molecule has 12 heteroatoms. The maximum atomic E-state index is 12.4. The molecular weight excluding hydrogens is 427 g/mol. The highest BCUT2D eigenvalue weighted by atomic mass is 32.2. The quantitative estimate of drug-likeness (QED) is 0.723. The second-order valence-corrected chi connectivity index (χ2v) is 9.37. The summed E-state index contributed by atoms with van der Waals surface area (Å²) in [6.07, 6.45) is -0.528. The van der Waals surface area contributed by atoms with Crippen LogP contribution in [0.25, 0.3) is 0 Å². The number of alkyl halides is 3. The number of hydrogen-bond acceptors (Lipinski definition) is 6. The molecule has 8 nitrogen and oxygen atoms in total. The van der Waals surface area contributed by atoms with Gasteiger partial charge >= 0.3 is 12.1 Å². The van der Waals surface area contributed by atoms with E-state index in [-0.39, 0.29) is 23.8 Å². The number of carbonyl (C=O) groups is 1. The fraction of sp³-hybridized carbons (Fsp3) is 0.667. The Kier molecular flexibility index (Phi) is 8.20. The van der Waals surface area contributed by atoms with E-state index in [0.29, 0.717) is 6.54 Å². The molecule has 1 aromatic heterocycles. The van der Waals surface area contributed by atoms with Crippen LogP contribution in [0.2, 0.25) is 0 Å². The van der Waals surface area contributed by atoms with E-state index in [0.717, 1.165) is 31.6 Å². The molecule has 0 amide bonds. The lowest BCUT2D eigenvalue weighted by Gasteiger charge is -2.39. The van der Waals surface area contributed by atoms with E-state index < -0.39 is 22.2 Å². The lowest BCUT2D eigenvalue weighted by Crippen LogP contribution is -2.53. The summed E-state index contributed by atoms with van der Waals surface area (Å²) in [6, 6.07) is 4.02. The summed E-state index contributed by atoms with van der Waals surface area (Å²) in [5.41, 5.74) is 1.16. The van der Waals surface area contributed by atoms with Crippen molar-refractivity contribution in [3.05, 3.63) is 30.1 Å². The van der Waals surface area contributed by atoms with Gasteiger partial charge in [-0.1, -0.05) is 6.07 Å². The van der Waals surface area contributed by atoms with Crippen LogP contribution in [0.1, 0.15) is 18.9 Å². The number of aliphatic carboxylic acids is 1. The van der Waals surface area contributed by atoms with E-state index in [4.69, 9.17) is 14.6 Å². The minimum Gasteiger partial charge on any atom is -0.475 e. The molecule has 2 aliphatic heterocycles. The first-order chi connectivity index (χ1) is 14.0. The number of aromatic nitrogens is 1. The Morgan fingerprint density at radius 3 is 2.53 bits per heavy atom. The largest absolute Gasteiger partial charge is 0.490 e. The maximum Gasteiger partial charge on any atom is 0.490 e. The normalized spacial score (nSPS) is 25.3. The molecule has 0 unspecified atom stereocenters. The number of likely N-dealkylation sites (tertiary alicyclic amines) is 1. The molecule has 3 heterocycles. The number of methoxy groups -OCH3 is 1. The zero-order valence-electron chi connectivity index (χ0n) is 16.7. The molecule has 2 saturated heterocycles. The van der Waals surface area contributed by atoms with E-state index in [1.54, 1.807) is 24.5 Å². The number of sulfonamides is 1. The molecule has 2 aliphatic rings. The van der Waals surface area contributed by atoms with E-state index in [1.807, 2.05) is 12.3 Å². The molecule has 0 radical (unpaired) electrons. The highest BCUT2D eigenvalue weighted by Crippen LogP contribution is 2.34. The van der Waals surface area contributed by atoms with Crippen LogP contribution >= 0.6 is 0 Å². The number of ether oxygens (including phenoxy) is 1. The molecule has 3 atom stereocenters. The molecule has 1 aromatic rings. The van der Waals surface area contributed by atoms with Crippen molar-refractivity contribution < 1.29 is 36.2 Å². The molecule has 0 bridgehead atoms. The lowest BCUT2D eigenvalue weighted by atomic mass is 9.91. The highest BCUT2D eigenvalue weighted by Gasteiger charge is 2.47. The number of carboxylic acid groups (broad SMARTS) is 1. The number of nitrogens with zero attached hydrogens (tertiary/aromatic N) is 3. The van der Waals surface area contributed by atoms with E-state index in [1.165, 1.54) is 0 Å². The molecule has 1 N–H and O–H groups in total. The number of pyridine rings is 1. The third kappa shape index (κ3) is 6.13. The van der Waals surface area contributed by atoms with Gasteiger partial charge in [-0.25, -0.2) is 13.2 Å². The van der Waals surface area contributed by atoms with Crippen molar-refractivity contribution in [2.45, 2.75) is 38.2 Å². The minimum absolute atomic E-state index is 0.0234. The first kappa shape index (κ1) is 24.5. The summed E-state index contributed by atoms with van der Waals surface area (Å²) in [5.74, 6) is -2.35. The van der Waals surface area contributed by atoms with Gasteiger partial charge in [0.25, 0.3) is 0 Å². The van der Waals surface area contributed by atoms with Gasteiger partial charge in [0.1, 0.15) is 0 Å². The topological polar surface area (TPSA) is 100 Å². The van der Waals surface area contributed by atoms with Crippen LogP contribution in [-0.2, 0) is 26.1 Å². The number of piperidine rings is 1. The average molecular weight is 453 g/mol. The van der Waals surface area contributed by atoms with Gasteiger partial charge in [-0.15, -0.1) is 0 Å². The van der Waals surface area contributed by atoms with Crippen molar-refractivity contribution in [1.82, 2.24) is 14.2 Å². The first-order valence-corrected chi connectivity index (χ1v) is 11.0. The van der Waals surface area contributed by atoms with Gasteiger partial charge in [0.05, 0.1) is 11.9 Å². The van der Waals surface area contributed by atoms with Crippen molar-refractivity contribution in [2.24, 2.45) is 5.92 Å². The Bertz CT molecular complexity index is 807. The van der Waals surface area contributed by atoms with Crippen LogP contribution in [-0.4, -0.2) is 84.5 Å². The van der Waals surface area contributed by atoms with Gasteiger partial charge in [0, 0.05) is 57.6 Å². The predicted octanol–water partition coefficient (Wildman–Crippen LogP) is 1.59. The van der Waals surface area contributed by atoms with E-state index in [9.17, 15) is 21.6 Å². The average Bonchev–Trinajstić information content (AvgIpc) is 3.11. The third-order valence-electron chi connectivity index (χ3n) is 5.29. The number of fused-ring (bicyclic) bond motifs is 1. The third-order valence-corrected chi connectivity index (χ3v) is 7.18. The Morgan fingerprint density at radius 1 is 1.37 bits per heavy atom. The zero-order chi connectivity index (χ0) is 22.5. The summed E-state index contributed by atoms with van der Waals surface area (Å²) >= 11 is 0. The Balaban J connectivity index is 0.000000396. The smallest absolute Gasteiger partial charge is 0.475 e. The number of carboxylic acids is 1. The van der Waals surface area contributed by atoms with E-state index >= 15 is 0 Å². The van der Waals surface area contributed by atoms with Crippen molar-refractivity contribution in [3.63, 3.8) is 0 Å². The summed E-state index contributed by atoms with van der Waals surface area (Å²) in [4.78, 5) is 15.4. The van der Waals surface area contributed by atoms with Crippen LogP contribution in [0.15, 0.2) is 24.5 Å². The molecule has 0 aliphatic carbocycles. The zero-order valence-corrected chi connectivity index (χ0v) is 17.6. The molecule has 170 valence electrons. The van der Waals surface area contributed by atoms with Gasteiger partial charge in [0.15, 0.2) is 0 Å². The number of rotatable bonds is 5. The monoisotopic (exact) mass is 453 g/mol. The SMILES string of the molecule is CCS(=O)(=O)N1CC[C@H](OC)[C@H]2CN(Cc3cccnc3)C[C@H]21.O=C(O)C(F)(F)F. The highest BCUT2D eigenvalue weighted by molar-refractivity contribution is 7.89. The van der Waals surface area contributed by atoms with Crippen LogP contribution in [0.5, 0.6) is 0 Å². The number of hydrogen-bond donors (Lipinski definition) is 1. The lowest BCUT2D eigenvalue weighted by molar-refractivity contribution is -0.192. The maximum absolute atomic E-state index is 12.4. The Morgan fingerprint density at radius 2 is 2.03 bits per heavy atom. The van der Waals surface area contributed by atoms with Gasteiger partial charge in [-0.05, 0) is 25.0 Å². The molecule has 2 fully saturated rings. The second-order valence-electron chi connectivity index (χ2n) is 7.16. The predicted molar refractivity (Wildman–Crippen MR) is 102 cm³/mol. The van der Waals surface area contributed by atoms with Crippen molar-refractivity contribution >= 4 is 16.0 Å². The van der Waals surface area contributed by atoms with E-state index in [2.05, 4.69) is 16.0 Å². The van der Waals surface area contributed by atoms with Gasteiger partial charge < -0.3 is 9.84 Å². The minimum atomic E-state index is -5.08. The van der Waals surface area contributed by atoms with Gasteiger partial charge in [-0.3, -0.25) is 9.88 Å². The summed E-state index contributed by atoms with van der Waals surface area (Å²) in [7, 11) is -1.43. The second kappa shape index (κ2) is 10.0. The van der Waals surface area contributed by atoms with Crippen LogP contribution in [0.3, 0.4) is 0 Å². The van der Waals surface area contributed by atoms with Gasteiger partial charge in [-0.2, -0.15) is 17.5 Å². The fourth-order valence-corrected chi connectivity index (χ4v) is 5.23. The van der Waals surface area contributed by atoms with Gasteiger partial charge in [0.2, 0.25) is 10.0 Å². The molecular formula is C18H26F3N3O5S. The molecule has 30 heavy (non-hydrogen) atoms. The molecule has 3 rings (SSSR count). The number of halogens is 3. The molecule has 0 spiro atoms. The first-order valence-electron chi connectivity index (χ1n) is 9.43. The van der Waals surface area contributed by atoms with Crippen molar-refractivity contribution in [1.29, 1.82) is 0 Å². The van der Waals surface area contributed by atoms with Crippen LogP contribution in [0.4, 0.5) is 13.2 Å². The van der Waals surface area contributed by atoms with Crippen molar-refractivity contribution in [2.75, 3.05) is 32.5 Å². The van der Waals surface area contributed by atoms with Crippen LogP contribution in [0, 0.1) is 5.92 Å². The fourth-order valence-electron chi connectivity index (χ4n) is 3.88.